The maximum Gasteiger partial charge on any atom is 0.308 e. The topological polar surface area (TPSA) is 109 Å². The molecule has 0 radical (unpaired) electrons. The van der Waals surface area contributed by atoms with Crippen LogP contribution < -0.4 is 0 Å². The lowest BCUT2D eigenvalue weighted by molar-refractivity contribution is -0.232. The number of esters is 3. The van der Waals surface area contributed by atoms with Gasteiger partial charge < -0.3 is 18.6 Å². The summed E-state index contributed by atoms with van der Waals surface area (Å²) < 4.78 is 22.5. The molecular formula is C31H42O8. The number of fused-ring (bicyclic) bond motifs is 6. The molecule has 1 aliphatic heterocycles. The number of carbonyl (C=O) groups excluding carboxylic acids is 4. The van der Waals surface area contributed by atoms with Gasteiger partial charge >= 0.3 is 17.9 Å². The Morgan fingerprint density at radius 1 is 1.13 bits per heavy atom. The van der Waals surface area contributed by atoms with Crippen LogP contribution in [0.15, 0.2) is 23.0 Å². The Bertz CT molecular complexity index is 1150. The van der Waals surface area contributed by atoms with Gasteiger partial charge in [0, 0.05) is 34.7 Å². The third-order valence-corrected chi connectivity index (χ3v) is 11.2. The van der Waals surface area contributed by atoms with Crippen molar-refractivity contribution in [3.05, 3.63) is 24.2 Å². The van der Waals surface area contributed by atoms with Gasteiger partial charge in [0.25, 0.3) is 0 Å². The molecule has 0 aromatic carbocycles. The molecule has 214 valence electrons. The average molecular weight is 543 g/mol. The summed E-state index contributed by atoms with van der Waals surface area (Å²) in [4.78, 5) is 53.1. The van der Waals surface area contributed by atoms with Crippen LogP contribution in [-0.4, -0.2) is 36.9 Å². The van der Waals surface area contributed by atoms with Crippen molar-refractivity contribution >= 4 is 23.7 Å². The summed E-state index contributed by atoms with van der Waals surface area (Å²) >= 11 is 0. The first-order valence-corrected chi connectivity index (χ1v) is 14.3. The van der Waals surface area contributed by atoms with Gasteiger partial charge in [-0.3, -0.25) is 19.2 Å². The smallest absolute Gasteiger partial charge is 0.308 e. The first-order chi connectivity index (χ1) is 18.3. The van der Waals surface area contributed by atoms with E-state index in [1.807, 2.05) is 26.8 Å². The van der Waals surface area contributed by atoms with Crippen molar-refractivity contribution in [3.63, 3.8) is 0 Å². The molecule has 1 saturated heterocycles. The molecule has 9 atom stereocenters. The molecular weight excluding hydrogens is 500 g/mol. The minimum Gasteiger partial charge on any atom is -0.472 e. The fourth-order valence-electron chi connectivity index (χ4n) is 9.17. The molecule has 8 heteroatoms. The Kier molecular flexibility index (Phi) is 6.78. The number of furan rings is 1. The first kappa shape index (κ1) is 27.9. The standard InChI is InChI=1S/C31H42O8/c1-16(2)28(35)39-27-19-12-18-20(31(6,25(19)34)22(29(27,3)4)14-23(32)36-7)8-10-30(5)21(18)13-24(33)38-26(30)17-9-11-37-15-17/h9,11,15-16,18-22,26-27H,8,10,12-14H2,1-7H3/t18-,19-,20+,21+,22?,26+,27-,30-,31-/m1/s1. The van der Waals surface area contributed by atoms with Crippen LogP contribution in [-0.2, 0) is 33.4 Å². The zero-order valence-corrected chi connectivity index (χ0v) is 24.2. The van der Waals surface area contributed by atoms with Gasteiger partial charge in [0.15, 0.2) is 0 Å². The van der Waals surface area contributed by atoms with E-state index in [0.29, 0.717) is 6.42 Å². The molecule has 3 aliphatic carbocycles. The molecule has 5 rings (SSSR count). The minimum absolute atomic E-state index is 0.00842. The zero-order chi connectivity index (χ0) is 28.5. The quantitative estimate of drug-likeness (QED) is 0.364. The van der Waals surface area contributed by atoms with Crippen molar-refractivity contribution in [1.82, 2.24) is 0 Å². The molecule has 4 aliphatic rings. The summed E-state index contributed by atoms with van der Waals surface area (Å²) in [5.41, 5.74) is -0.940. The number of rotatable bonds is 5. The van der Waals surface area contributed by atoms with Gasteiger partial charge in [-0.15, -0.1) is 0 Å². The van der Waals surface area contributed by atoms with Crippen molar-refractivity contribution in [3.8, 4) is 0 Å². The Morgan fingerprint density at radius 3 is 2.46 bits per heavy atom. The minimum atomic E-state index is -0.820. The van der Waals surface area contributed by atoms with E-state index in [-0.39, 0.29) is 71.5 Å². The van der Waals surface area contributed by atoms with E-state index >= 15 is 0 Å². The van der Waals surface area contributed by atoms with Gasteiger partial charge in [-0.1, -0.05) is 41.5 Å². The lowest BCUT2D eigenvalue weighted by Gasteiger charge is -2.67. The van der Waals surface area contributed by atoms with E-state index in [4.69, 9.17) is 18.6 Å². The number of carbonyl (C=O) groups is 4. The van der Waals surface area contributed by atoms with E-state index in [9.17, 15) is 19.2 Å². The van der Waals surface area contributed by atoms with Crippen molar-refractivity contribution in [2.24, 2.45) is 51.8 Å². The monoisotopic (exact) mass is 542 g/mol. The Balaban J connectivity index is 1.61. The van der Waals surface area contributed by atoms with Crippen molar-refractivity contribution in [2.75, 3.05) is 7.11 Å². The molecule has 8 nitrogen and oxygen atoms in total. The molecule has 2 heterocycles. The number of ketones is 1. The molecule has 2 bridgehead atoms. The summed E-state index contributed by atoms with van der Waals surface area (Å²) in [6, 6.07) is 1.86. The third-order valence-electron chi connectivity index (χ3n) is 11.2. The van der Waals surface area contributed by atoms with Crippen LogP contribution in [0.3, 0.4) is 0 Å². The maximum atomic E-state index is 14.4. The second kappa shape index (κ2) is 9.48. The van der Waals surface area contributed by atoms with Crippen LogP contribution in [0.4, 0.5) is 0 Å². The number of Topliss-reactive ketones (excluding diaryl/α,β-unsaturated/α-hetero) is 1. The molecule has 0 spiro atoms. The molecule has 1 unspecified atom stereocenters. The lowest BCUT2D eigenvalue weighted by Crippen LogP contribution is -2.69. The van der Waals surface area contributed by atoms with E-state index in [1.165, 1.54) is 7.11 Å². The number of methoxy groups -OCH3 is 1. The van der Waals surface area contributed by atoms with E-state index in [2.05, 4.69) is 6.92 Å². The molecule has 0 N–H and O–H groups in total. The fraction of sp³-hybridized carbons (Fsp3) is 0.742. The van der Waals surface area contributed by atoms with Crippen LogP contribution in [0.1, 0.15) is 85.3 Å². The zero-order valence-electron chi connectivity index (χ0n) is 24.2. The second-order valence-corrected chi connectivity index (χ2v) is 13.7. The lowest BCUT2D eigenvalue weighted by atomic mass is 9.37. The van der Waals surface area contributed by atoms with Crippen LogP contribution >= 0.6 is 0 Å². The largest absolute Gasteiger partial charge is 0.472 e. The van der Waals surface area contributed by atoms with Crippen molar-refractivity contribution < 1.29 is 37.8 Å². The van der Waals surface area contributed by atoms with Crippen LogP contribution in [0.2, 0.25) is 0 Å². The molecule has 0 amide bonds. The number of hydrogen-bond donors (Lipinski definition) is 0. The Morgan fingerprint density at radius 2 is 1.85 bits per heavy atom. The molecule has 3 saturated carbocycles. The SMILES string of the molecule is COC(=O)CC1C(C)(C)[C@H](OC(=O)C(C)C)[C@@H]2C[C@H]3[C@@H]4CC(=O)O[C@@H](c5ccoc5)[C@]4(C)CC[C@@H]3[C@@]1(C)C2=O. The second-order valence-electron chi connectivity index (χ2n) is 13.7. The van der Waals surface area contributed by atoms with Gasteiger partial charge in [-0.25, -0.2) is 0 Å². The molecule has 39 heavy (non-hydrogen) atoms. The predicted molar refractivity (Wildman–Crippen MR) is 140 cm³/mol. The Hall–Kier alpha value is -2.64. The first-order valence-electron chi connectivity index (χ1n) is 14.3. The van der Waals surface area contributed by atoms with Gasteiger partial charge in [-0.05, 0) is 49.0 Å². The summed E-state index contributed by atoms with van der Waals surface area (Å²) in [6.45, 7) is 11.8. The van der Waals surface area contributed by atoms with Gasteiger partial charge in [0.05, 0.1) is 31.5 Å². The summed E-state index contributed by atoms with van der Waals surface area (Å²) in [5, 5.41) is 0. The number of cyclic esters (lactones) is 1. The Labute approximate surface area is 230 Å². The van der Waals surface area contributed by atoms with Gasteiger partial charge in [0.1, 0.15) is 18.0 Å². The van der Waals surface area contributed by atoms with Crippen LogP contribution in [0, 0.1) is 51.8 Å². The van der Waals surface area contributed by atoms with E-state index in [1.54, 1.807) is 26.4 Å². The number of hydrogen-bond acceptors (Lipinski definition) is 8. The normalized spacial score (nSPS) is 40.8. The maximum absolute atomic E-state index is 14.4. The molecule has 4 fully saturated rings. The highest BCUT2D eigenvalue weighted by Crippen LogP contribution is 2.70. The van der Waals surface area contributed by atoms with E-state index in [0.717, 1.165) is 18.4 Å². The predicted octanol–water partition coefficient (Wildman–Crippen LogP) is 5.30. The fourth-order valence-corrected chi connectivity index (χ4v) is 9.17. The van der Waals surface area contributed by atoms with Crippen LogP contribution in [0.25, 0.3) is 0 Å². The number of ether oxygens (including phenoxy) is 3. The third kappa shape index (κ3) is 4.07. The summed E-state index contributed by atoms with van der Waals surface area (Å²) in [5.74, 6) is -2.12. The van der Waals surface area contributed by atoms with Gasteiger partial charge in [-0.2, -0.15) is 0 Å². The van der Waals surface area contributed by atoms with Crippen molar-refractivity contribution in [2.45, 2.75) is 85.9 Å². The summed E-state index contributed by atoms with van der Waals surface area (Å²) in [7, 11) is 1.36. The highest BCUT2D eigenvalue weighted by atomic mass is 16.6. The highest BCUT2D eigenvalue weighted by Gasteiger charge is 2.71. The van der Waals surface area contributed by atoms with Crippen LogP contribution in [0.5, 0.6) is 0 Å². The molecule has 1 aromatic rings. The van der Waals surface area contributed by atoms with Gasteiger partial charge in [0.2, 0.25) is 0 Å². The highest BCUT2D eigenvalue weighted by molar-refractivity contribution is 5.91. The van der Waals surface area contributed by atoms with Crippen molar-refractivity contribution in [1.29, 1.82) is 0 Å². The molecule has 1 aromatic heterocycles. The summed E-state index contributed by atoms with van der Waals surface area (Å²) in [6.07, 6.45) is 4.62. The average Bonchev–Trinajstić information content (AvgIpc) is 3.41. The van der Waals surface area contributed by atoms with E-state index < -0.39 is 29.0 Å².